The number of aromatic nitrogens is 1. The maximum Gasteiger partial charge on any atom is 0.254 e. The zero-order valence-electron chi connectivity index (χ0n) is 15.9. The molecule has 2 N–H and O–H groups in total. The first-order chi connectivity index (χ1) is 14.3. The monoisotopic (exact) mass is 429 g/mol. The number of hydrogen-bond donors (Lipinski definition) is 2. The van der Waals surface area contributed by atoms with Crippen molar-refractivity contribution < 1.29 is 23.2 Å². The number of hydrogen-bond acceptors (Lipinski definition) is 5. The van der Waals surface area contributed by atoms with Gasteiger partial charge in [-0.2, -0.15) is 0 Å². The lowest BCUT2D eigenvalue weighted by Crippen LogP contribution is -2.28. The largest absolute Gasteiger partial charge is 0.351 e. The molecule has 0 fully saturated rings. The van der Waals surface area contributed by atoms with Crippen LogP contribution < -0.4 is 10.6 Å². The van der Waals surface area contributed by atoms with Crippen LogP contribution in [0.3, 0.4) is 0 Å². The molecular formula is C21H17F2N3O3S. The summed E-state index contributed by atoms with van der Waals surface area (Å²) in [7, 11) is 0. The Kier molecular flexibility index (Phi) is 6.63. The maximum absolute atomic E-state index is 13.6. The van der Waals surface area contributed by atoms with E-state index in [1.54, 1.807) is 0 Å². The molecule has 0 spiro atoms. The van der Waals surface area contributed by atoms with Crippen LogP contribution in [0.4, 0.5) is 13.9 Å². The first kappa shape index (κ1) is 21.3. The normalized spacial score (nSPS) is 10.5. The van der Waals surface area contributed by atoms with Crippen molar-refractivity contribution in [3.63, 3.8) is 0 Å². The van der Waals surface area contributed by atoms with Gasteiger partial charge in [-0.3, -0.25) is 14.4 Å². The SMILES string of the molecule is CC(=O)c1sc(NC(=O)CCNC(=O)c2ccc(F)cc2F)nc1-c1ccccc1. The van der Waals surface area contributed by atoms with E-state index in [-0.39, 0.29) is 29.4 Å². The average molecular weight is 429 g/mol. The molecule has 0 saturated carbocycles. The number of nitrogens with zero attached hydrogens (tertiary/aromatic N) is 1. The number of rotatable bonds is 7. The molecule has 0 aliphatic rings. The van der Waals surface area contributed by atoms with Crippen molar-refractivity contribution >= 4 is 34.1 Å². The van der Waals surface area contributed by atoms with Gasteiger partial charge in [-0.15, -0.1) is 0 Å². The third-order valence-corrected chi connectivity index (χ3v) is 5.13. The molecule has 9 heteroatoms. The van der Waals surface area contributed by atoms with Gasteiger partial charge in [-0.1, -0.05) is 41.7 Å². The summed E-state index contributed by atoms with van der Waals surface area (Å²) in [4.78, 5) is 40.8. The number of anilines is 1. The van der Waals surface area contributed by atoms with Crippen molar-refractivity contribution in [3.05, 3.63) is 70.6 Å². The van der Waals surface area contributed by atoms with Gasteiger partial charge in [-0.25, -0.2) is 13.8 Å². The van der Waals surface area contributed by atoms with Gasteiger partial charge in [0.1, 0.15) is 11.6 Å². The quantitative estimate of drug-likeness (QED) is 0.555. The third kappa shape index (κ3) is 5.12. The van der Waals surface area contributed by atoms with Crippen molar-refractivity contribution in [2.45, 2.75) is 13.3 Å². The number of thiazole rings is 1. The van der Waals surface area contributed by atoms with E-state index in [9.17, 15) is 23.2 Å². The summed E-state index contributed by atoms with van der Waals surface area (Å²) < 4.78 is 26.5. The molecule has 3 rings (SSSR count). The number of benzene rings is 2. The Labute approximate surface area is 175 Å². The molecule has 0 saturated heterocycles. The van der Waals surface area contributed by atoms with Crippen molar-refractivity contribution in [1.29, 1.82) is 0 Å². The zero-order valence-corrected chi connectivity index (χ0v) is 16.7. The second-order valence-electron chi connectivity index (χ2n) is 6.30. The first-order valence-corrected chi connectivity index (χ1v) is 9.77. The molecule has 1 aromatic heterocycles. The van der Waals surface area contributed by atoms with Crippen LogP contribution in [0.5, 0.6) is 0 Å². The minimum atomic E-state index is -0.982. The summed E-state index contributed by atoms with van der Waals surface area (Å²) in [6.07, 6.45) is -0.0930. The van der Waals surface area contributed by atoms with Gasteiger partial charge in [0.2, 0.25) is 5.91 Å². The summed E-state index contributed by atoms with van der Waals surface area (Å²) in [5.74, 6) is -3.12. The molecule has 0 unspecified atom stereocenters. The molecular weight excluding hydrogens is 412 g/mol. The number of Topliss-reactive ketones (excluding diaryl/α,β-unsaturated/α-hetero) is 1. The Hall–Kier alpha value is -3.46. The lowest BCUT2D eigenvalue weighted by Gasteiger charge is -2.06. The Bertz CT molecular complexity index is 1100. The van der Waals surface area contributed by atoms with Crippen LogP contribution in [0.25, 0.3) is 11.3 Å². The van der Waals surface area contributed by atoms with E-state index in [2.05, 4.69) is 15.6 Å². The van der Waals surface area contributed by atoms with E-state index in [1.165, 1.54) is 6.92 Å². The maximum atomic E-state index is 13.6. The second-order valence-corrected chi connectivity index (χ2v) is 7.30. The Morgan fingerprint density at radius 1 is 1.07 bits per heavy atom. The second kappa shape index (κ2) is 9.36. The lowest BCUT2D eigenvalue weighted by atomic mass is 10.1. The Balaban J connectivity index is 1.60. The van der Waals surface area contributed by atoms with Gasteiger partial charge in [0.15, 0.2) is 10.9 Å². The van der Waals surface area contributed by atoms with Crippen molar-refractivity contribution in [3.8, 4) is 11.3 Å². The molecule has 3 aromatic rings. The van der Waals surface area contributed by atoms with Crippen LogP contribution >= 0.6 is 11.3 Å². The van der Waals surface area contributed by atoms with Crippen molar-refractivity contribution in [2.75, 3.05) is 11.9 Å². The molecule has 154 valence electrons. The topological polar surface area (TPSA) is 88.2 Å². The van der Waals surface area contributed by atoms with E-state index in [0.29, 0.717) is 16.6 Å². The van der Waals surface area contributed by atoms with Gasteiger partial charge in [-0.05, 0) is 12.1 Å². The number of halogens is 2. The zero-order chi connectivity index (χ0) is 21.7. The summed E-state index contributed by atoms with van der Waals surface area (Å²) >= 11 is 1.07. The summed E-state index contributed by atoms with van der Waals surface area (Å²) in [6.45, 7) is 1.37. The molecule has 2 amide bonds. The molecule has 0 bridgehead atoms. The highest BCUT2D eigenvalue weighted by molar-refractivity contribution is 7.18. The molecule has 30 heavy (non-hydrogen) atoms. The van der Waals surface area contributed by atoms with Crippen LogP contribution in [-0.4, -0.2) is 29.1 Å². The van der Waals surface area contributed by atoms with E-state index in [0.717, 1.165) is 29.0 Å². The Morgan fingerprint density at radius 2 is 1.80 bits per heavy atom. The molecule has 0 atom stereocenters. The fraction of sp³-hybridized carbons (Fsp3) is 0.143. The molecule has 0 aliphatic carbocycles. The highest BCUT2D eigenvalue weighted by atomic mass is 32.1. The van der Waals surface area contributed by atoms with Crippen molar-refractivity contribution in [1.82, 2.24) is 10.3 Å². The van der Waals surface area contributed by atoms with E-state index < -0.39 is 23.4 Å². The molecule has 6 nitrogen and oxygen atoms in total. The summed E-state index contributed by atoms with van der Waals surface area (Å²) in [5.41, 5.74) is 0.937. The molecule has 0 radical (unpaired) electrons. The predicted octanol–water partition coefficient (Wildman–Crippen LogP) is 4.05. The standard InChI is InChI=1S/C21H17F2N3O3S/c1-12(27)19-18(13-5-3-2-4-6-13)26-21(30-19)25-17(28)9-10-24-20(29)15-8-7-14(22)11-16(15)23/h2-8,11H,9-10H2,1H3,(H,24,29)(H,25,26,28). The number of nitrogens with one attached hydrogen (secondary N) is 2. The van der Waals surface area contributed by atoms with Crippen LogP contribution in [0.1, 0.15) is 33.4 Å². The minimum absolute atomic E-state index is 0.0576. The predicted molar refractivity (Wildman–Crippen MR) is 109 cm³/mol. The lowest BCUT2D eigenvalue weighted by molar-refractivity contribution is -0.116. The van der Waals surface area contributed by atoms with Crippen LogP contribution in [0.15, 0.2) is 48.5 Å². The average Bonchev–Trinajstić information content (AvgIpc) is 3.12. The van der Waals surface area contributed by atoms with Gasteiger partial charge in [0, 0.05) is 31.5 Å². The van der Waals surface area contributed by atoms with Crippen LogP contribution in [0.2, 0.25) is 0 Å². The highest BCUT2D eigenvalue weighted by Crippen LogP contribution is 2.31. The van der Waals surface area contributed by atoms with Gasteiger partial charge in [0.25, 0.3) is 5.91 Å². The number of carbonyl (C=O) groups excluding carboxylic acids is 3. The van der Waals surface area contributed by atoms with E-state index in [4.69, 9.17) is 0 Å². The van der Waals surface area contributed by atoms with E-state index in [1.807, 2.05) is 30.3 Å². The molecule has 1 heterocycles. The van der Waals surface area contributed by atoms with E-state index >= 15 is 0 Å². The van der Waals surface area contributed by atoms with Crippen LogP contribution in [0, 0.1) is 11.6 Å². The fourth-order valence-corrected chi connectivity index (χ4v) is 3.54. The van der Waals surface area contributed by atoms with Gasteiger partial charge >= 0.3 is 0 Å². The molecule has 2 aromatic carbocycles. The smallest absolute Gasteiger partial charge is 0.254 e. The van der Waals surface area contributed by atoms with Crippen molar-refractivity contribution in [2.24, 2.45) is 0 Å². The number of amides is 2. The summed E-state index contributed by atoms with van der Waals surface area (Å²) in [5, 5.41) is 5.27. The Morgan fingerprint density at radius 3 is 2.47 bits per heavy atom. The fourth-order valence-electron chi connectivity index (χ4n) is 2.64. The molecule has 0 aliphatic heterocycles. The first-order valence-electron chi connectivity index (χ1n) is 8.95. The highest BCUT2D eigenvalue weighted by Gasteiger charge is 2.18. The number of ketones is 1. The van der Waals surface area contributed by atoms with Gasteiger partial charge in [0.05, 0.1) is 16.1 Å². The van der Waals surface area contributed by atoms with Crippen LogP contribution in [-0.2, 0) is 4.79 Å². The van der Waals surface area contributed by atoms with Gasteiger partial charge < -0.3 is 10.6 Å². The summed E-state index contributed by atoms with van der Waals surface area (Å²) in [6, 6.07) is 11.7. The third-order valence-electron chi connectivity index (χ3n) is 4.05. The minimum Gasteiger partial charge on any atom is -0.351 e. The number of carbonyl (C=O) groups is 3.